The molecule has 1 amide bonds. The monoisotopic (exact) mass is 318 g/mol. The first-order valence-electron chi connectivity index (χ1n) is 7.21. The van der Waals surface area contributed by atoms with Gasteiger partial charge in [0, 0.05) is 18.8 Å². The number of ether oxygens (including phenoxy) is 1. The van der Waals surface area contributed by atoms with Gasteiger partial charge in [0.1, 0.15) is 5.82 Å². The van der Waals surface area contributed by atoms with Crippen LogP contribution >= 0.6 is 11.8 Å². The van der Waals surface area contributed by atoms with E-state index in [-0.39, 0.29) is 5.91 Å². The summed E-state index contributed by atoms with van der Waals surface area (Å²) in [4.78, 5) is 14.1. The first-order valence-corrected chi connectivity index (χ1v) is 8.20. The number of nitrogens with zero attached hydrogens (tertiary/aromatic N) is 4. The predicted octanol–water partition coefficient (Wildman–Crippen LogP) is 1.53. The van der Waals surface area contributed by atoms with E-state index < -0.39 is 0 Å². The van der Waals surface area contributed by atoms with E-state index in [0.29, 0.717) is 32.1 Å². The smallest absolute Gasteiger partial charge is 0.233 e. The highest BCUT2D eigenvalue weighted by atomic mass is 32.2. The molecule has 1 aliphatic heterocycles. The SMILES string of the molecule is Cc1nnc(SCC(=O)N2CCOCC2)n1-c1ccccc1. The highest BCUT2D eigenvalue weighted by Crippen LogP contribution is 2.22. The number of aromatic nitrogens is 3. The molecule has 6 nitrogen and oxygen atoms in total. The first-order chi connectivity index (χ1) is 10.8. The van der Waals surface area contributed by atoms with Gasteiger partial charge in [-0.3, -0.25) is 9.36 Å². The predicted molar refractivity (Wildman–Crippen MR) is 84.2 cm³/mol. The van der Waals surface area contributed by atoms with Crippen LogP contribution in [0.3, 0.4) is 0 Å². The minimum atomic E-state index is 0.119. The van der Waals surface area contributed by atoms with E-state index >= 15 is 0 Å². The van der Waals surface area contributed by atoms with Gasteiger partial charge in [0.2, 0.25) is 5.91 Å². The van der Waals surface area contributed by atoms with E-state index in [1.165, 1.54) is 11.8 Å². The maximum absolute atomic E-state index is 12.2. The normalized spacial score (nSPS) is 15.0. The Bertz CT molecular complexity index is 638. The van der Waals surface area contributed by atoms with Crippen LogP contribution in [0.4, 0.5) is 0 Å². The van der Waals surface area contributed by atoms with Crippen LogP contribution < -0.4 is 0 Å². The Labute approximate surface area is 133 Å². The van der Waals surface area contributed by atoms with Gasteiger partial charge in [-0.25, -0.2) is 0 Å². The lowest BCUT2D eigenvalue weighted by atomic mass is 10.3. The van der Waals surface area contributed by atoms with Crippen molar-refractivity contribution >= 4 is 17.7 Å². The Kier molecular flexibility index (Phi) is 4.74. The van der Waals surface area contributed by atoms with Crippen LogP contribution in [0.5, 0.6) is 0 Å². The quantitative estimate of drug-likeness (QED) is 0.800. The molecular formula is C15H18N4O2S. The number of carbonyl (C=O) groups is 1. The maximum atomic E-state index is 12.2. The molecule has 1 aromatic heterocycles. The Balaban J connectivity index is 1.70. The van der Waals surface area contributed by atoms with Crippen LogP contribution in [0, 0.1) is 6.92 Å². The molecule has 0 N–H and O–H groups in total. The van der Waals surface area contributed by atoms with Crippen molar-refractivity contribution in [2.45, 2.75) is 12.1 Å². The fourth-order valence-electron chi connectivity index (χ4n) is 2.34. The highest BCUT2D eigenvalue weighted by Gasteiger charge is 2.19. The summed E-state index contributed by atoms with van der Waals surface area (Å²) in [6.45, 7) is 4.49. The molecule has 1 aliphatic rings. The summed E-state index contributed by atoms with van der Waals surface area (Å²) in [7, 11) is 0. The number of morpholine rings is 1. The lowest BCUT2D eigenvalue weighted by Crippen LogP contribution is -2.41. The van der Waals surface area contributed by atoms with E-state index in [1.54, 1.807) is 0 Å². The summed E-state index contributed by atoms with van der Waals surface area (Å²) in [5.41, 5.74) is 1.01. The third-order valence-electron chi connectivity index (χ3n) is 3.50. The average molecular weight is 318 g/mol. The van der Waals surface area contributed by atoms with Crippen molar-refractivity contribution in [3.8, 4) is 5.69 Å². The molecule has 116 valence electrons. The molecule has 2 aromatic rings. The zero-order valence-corrected chi connectivity index (χ0v) is 13.3. The van der Waals surface area contributed by atoms with E-state index in [9.17, 15) is 4.79 Å². The Morgan fingerprint density at radius 3 is 2.68 bits per heavy atom. The Morgan fingerprint density at radius 1 is 1.23 bits per heavy atom. The lowest BCUT2D eigenvalue weighted by Gasteiger charge is -2.26. The summed E-state index contributed by atoms with van der Waals surface area (Å²) < 4.78 is 7.24. The molecule has 22 heavy (non-hydrogen) atoms. The van der Waals surface area contributed by atoms with Crippen molar-refractivity contribution < 1.29 is 9.53 Å². The standard InChI is InChI=1S/C15H18N4O2S/c1-12-16-17-15(19(12)13-5-3-2-4-6-13)22-11-14(20)18-7-9-21-10-8-18/h2-6H,7-11H2,1H3. The molecule has 1 aromatic carbocycles. The second-order valence-corrected chi connectivity index (χ2v) is 5.93. The number of amides is 1. The van der Waals surface area contributed by atoms with Crippen LogP contribution in [0.1, 0.15) is 5.82 Å². The number of hydrogen-bond acceptors (Lipinski definition) is 5. The van der Waals surface area contributed by atoms with Gasteiger partial charge in [0.15, 0.2) is 5.16 Å². The van der Waals surface area contributed by atoms with Gasteiger partial charge in [-0.05, 0) is 19.1 Å². The zero-order chi connectivity index (χ0) is 15.4. The van der Waals surface area contributed by atoms with Crippen LogP contribution in [0.2, 0.25) is 0 Å². The third kappa shape index (κ3) is 3.31. The molecule has 1 saturated heterocycles. The second-order valence-electron chi connectivity index (χ2n) is 4.98. The Morgan fingerprint density at radius 2 is 1.95 bits per heavy atom. The van der Waals surface area contributed by atoms with Crippen LogP contribution in [0.25, 0.3) is 5.69 Å². The number of hydrogen-bond donors (Lipinski definition) is 0. The van der Waals surface area contributed by atoms with E-state index in [1.807, 2.05) is 46.7 Å². The molecule has 0 saturated carbocycles. The van der Waals surface area contributed by atoms with Crippen molar-refractivity contribution in [2.24, 2.45) is 0 Å². The molecule has 0 radical (unpaired) electrons. The van der Waals surface area contributed by atoms with Crippen LogP contribution in [0.15, 0.2) is 35.5 Å². The largest absolute Gasteiger partial charge is 0.378 e. The molecule has 0 unspecified atom stereocenters. The van der Waals surface area contributed by atoms with E-state index in [2.05, 4.69) is 10.2 Å². The van der Waals surface area contributed by atoms with Crippen LogP contribution in [-0.2, 0) is 9.53 Å². The number of aryl methyl sites for hydroxylation is 1. The van der Waals surface area contributed by atoms with E-state index in [4.69, 9.17) is 4.74 Å². The summed E-state index contributed by atoms with van der Waals surface area (Å²) in [6.07, 6.45) is 0. The number of rotatable bonds is 4. The number of benzene rings is 1. The molecule has 2 heterocycles. The molecular weight excluding hydrogens is 300 g/mol. The molecule has 3 rings (SSSR count). The molecule has 0 aliphatic carbocycles. The number of carbonyl (C=O) groups excluding carboxylic acids is 1. The van der Waals surface area contributed by atoms with Crippen molar-refractivity contribution in [1.29, 1.82) is 0 Å². The fourth-order valence-corrected chi connectivity index (χ4v) is 3.24. The topological polar surface area (TPSA) is 60.3 Å². The summed E-state index contributed by atoms with van der Waals surface area (Å²) in [5, 5.41) is 9.06. The van der Waals surface area contributed by atoms with Crippen molar-refractivity contribution in [2.75, 3.05) is 32.1 Å². The van der Waals surface area contributed by atoms with Crippen LogP contribution in [-0.4, -0.2) is 57.6 Å². The van der Waals surface area contributed by atoms with Gasteiger partial charge in [-0.1, -0.05) is 30.0 Å². The average Bonchev–Trinajstić information content (AvgIpc) is 2.95. The third-order valence-corrected chi connectivity index (χ3v) is 4.41. The van der Waals surface area contributed by atoms with Gasteiger partial charge in [-0.15, -0.1) is 10.2 Å². The molecule has 1 fully saturated rings. The summed E-state index contributed by atoms with van der Waals surface area (Å²) in [6, 6.07) is 9.93. The van der Waals surface area contributed by atoms with Gasteiger partial charge < -0.3 is 9.64 Å². The maximum Gasteiger partial charge on any atom is 0.233 e. The minimum Gasteiger partial charge on any atom is -0.378 e. The lowest BCUT2D eigenvalue weighted by molar-refractivity contribution is -0.132. The molecule has 0 atom stereocenters. The Hall–Kier alpha value is -1.86. The molecule has 0 bridgehead atoms. The van der Waals surface area contributed by atoms with Gasteiger partial charge in [-0.2, -0.15) is 0 Å². The summed E-state index contributed by atoms with van der Waals surface area (Å²) in [5.74, 6) is 1.30. The minimum absolute atomic E-state index is 0.119. The van der Waals surface area contributed by atoms with Gasteiger partial charge in [0.25, 0.3) is 0 Å². The number of thioether (sulfide) groups is 1. The molecule has 7 heteroatoms. The van der Waals surface area contributed by atoms with Crippen molar-refractivity contribution in [3.05, 3.63) is 36.2 Å². The summed E-state index contributed by atoms with van der Waals surface area (Å²) >= 11 is 1.42. The molecule has 0 spiro atoms. The second kappa shape index (κ2) is 6.93. The number of para-hydroxylation sites is 1. The van der Waals surface area contributed by atoms with Gasteiger partial charge >= 0.3 is 0 Å². The first kappa shape index (κ1) is 15.1. The zero-order valence-electron chi connectivity index (χ0n) is 12.4. The van der Waals surface area contributed by atoms with E-state index in [0.717, 1.165) is 16.7 Å². The highest BCUT2D eigenvalue weighted by molar-refractivity contribution is 7.99. The van der Waals surface area contributed by atoms with Crippen molar-refractivity contribution in [1.82, 2.24) is 19.7 Å². The fraction of sp³-hybridized carbons (Fsp3) is 0.400. The van der Waals surface area contributed by atoms with Gasteiger partial charge in [0.05, 0.1) is 19.0 Å². The van der Waals surface area contributed by atoms with Crippen molar-refractivity contribution in [3.63, 3.8) is 0 Å².